The minimum atomic E-state index is -3.87. The van der Waals surface area contributed by atoms with Crippen LogP contribution >= 0.6 is 24.2 Å². The number of rotatable bonds is 5. The fourth-order valence-electron chi connectivity index (χ4n) is 2.89. The smallest absolute Gasteiger partial charge is 0.238 e. The Hall–Kier alpha value is -0.800. The molecule has 1 aromatic carbocycles. The number of hydrogen-bond donors (Lipinski definition) is 2. The molecule has 6 nitrogen and oxygen atoms in total. The summed E-state index contributed by atoms with van der Waals surface area (Å²) in [5.41, 5.74) is -0.116. The normalized spacial score (nSPS) is 22.5. The minimum absolute atomic E-state index is 0. The number of nitrogens with two attached hydrogens (primary N) is 1. The molecule has 1 aliphatic rings. The van der Waals surface area contributed by atoms with E-state index in [-0.39, 0.29) is 23.2 Å². The van der Waals surface area contributed by atoms with Crippen LogP contribution in [0.2, 0.25) is 0 Å². The van der Waals surface area contributed by atoms with Gasteiger partial charge < -0.3 is 10.0 Å². The summed E-state index contributed by atoms with van der Waals surface area (Å²) in [5, 5.41) is 17.4. The van der Waals surface area contributed by atoms with Crippen LogP contribution in [0.3, 0.4) is 0 Å². The van der Waals surface area contributed by atoms with Gasteiger partial charge in [-0.05, 0) is 31.4 Å². The molecule has 142 valence electrons. The second-order valence-electron chi connectivity index (χ2n) is 6.06. The van der Waals surface area contributed by atoms with Crippen LogP contribution in [0.4, 0.5) is 0 Å². The second-order valence-corrected chi connectivity index (χ2v) is 8.53. The van der Waals surface area contributed by atoms with Crippen molar-refractivity contribution < 1.29 is 13.5 Å². The summed E-state index contributed by atoms with van der Waals surface area (Å²) < 4.78 is 24.0. The lowest BCUT2D eigenvalue weighted by molar-refractivity contribution is -0.0455. The lowest BCUT2D eigenvalue weighted by Gasteiger charge is -2.34. The van der Waals surface area contributed by atoms with Crippen molar-refractivity contribution in [3.05, 3.63) is 29.3 Å². The van der Waals surface area contributed by atoms with Gasteiger partial charge in [-0.25, -0.2) is 13.6 Å². The molecule has 2 rings (SSSR count). The van der Waals surface area contributed by atoms with E-state index in [1.54, 1.807) is 17.0 Å². The highest BCUT2D eigenvalue weighted by atomic mass is 35.5. The first-order valence-corrected chi connectivity index (χ1v) is 10.5. The molecule has 0 bridgehead atoms. The van der Waals surface area contributed by atoms with Crippen molar-refractivity contribution in [1.29, 1.82) is 0 Å². The minimum Gasteiger partial charge on any atom is -0.366 e. The molecule has 0 spiro atoms. The Morgan fingerprint density at radius 3 is 2.52 bits per heavy atom. The van der Waals surface area contributed by atoms with E-state index < -0.39 is 15.7 Å². The predicted molar refractivity (Wildman–Crippen MR) is 106 cm³/mol. The van der Waals surface area contributed by atoms with E-state index in [1.165, 1.54) is 17.8 Å². The number of benzene rings is 1. The molecule has 1 aromatic rings. The van der Waals surface area contributed by atoms with E-state index in [0.717, 1.165) is 5.17 Å². The fourth-order valence-corrected chi connectivity index (χ4v) is 5.12. The van der Waals surface area contributed by atoms with Crippen molar-refractivity contribution in [3.63, 3.8) is 0 Å². The average molecular weight is 408 g/mol. The van der Waals surface area contributed by atoms with Gasteiger partial charge in [-0.3, -0.25) is 4.99 Å². The summed E-state index contributed by atoms with van der Waals surface area (Å²) in [6, 6.07) is 5.02. The maximum Gasteiger partial charge on any atom is 0.238 e. The Balaban J connectivity index is 0.00000312. The summed E-state index contributed by atoms with van der Waals surface area (Å²) >= 11 is 1.47. The standard InChI is InChI=1S/C16H25N3O3S2.ClH/c1-5-18-15-19(6-2)16(20,10-23-15)12-7-8-13(11(3)4)14(9-12)24(17,21)22;/h7-9,11,20H,5-6,10H2,1-4H3,(H2,17,21,22);1H. The first-order chi connectivity index (χ1) is 11.1. The van der Waals surface area contributed by atoms with E-state index in [1.807, 2.05) is 27.7 Å². The third-order valence-corrected chi connectivity index (χ3v) is 6.22. The Morgan fingerprint density at radius 1 is 1.40 bits per heavy atom. The molecule has 1 heterocycles. The van der Waals surface area contributed by atoms with Gasteiger partial charge in [-0.15, -0.1) is 12.4 Å². The van der Waals surface area contributed by atoms with Crippen LogP contribution in [0.15, 0.2) is 28.1 Å². The lowest BCUT2D eigenvalue weighted by atomic mass is 9.97. The first kappa shape index (κ1) is 22.2. The number of aliphatic imine (C=N–C) groups is 1. The van der Waals surface area contributed by atoms with Gasteiger partial charge >= 0.3 is 0 Å². The molecule has 0 amide bonds. The summed E-state index contributed by atoms with van der Waals surface area (Å²) in [7, 11) is -3.87. The maximum absolute atomic E-state index is 12.0. The molecule has 0 aromatic heterocycles. The second kappa shape index (κ2) is 8.26. The molecule has 1 saturated heterocycles. The van der Waals surface area contributed by atoms with Crippen LogP contribution in [0.1, 0.15) is 44.7 Å². The van der Waals surface area contributed by atoms with Gasteiger partial charge in [-0.2, -0.15) is 0 Å². The Labute approximate surface area is 160 Å². The molecular weight excluding hydrogens is 382 g/mol. The summed E-state index contributed by atoms with van der Waals surface area (Å²) in [5.74, 6) is 0.407. The molecule has 3 N–H and O–H groups in total. The van der Waals surface area contributed by atoms with E-state index in [0.29, 0.717) is 30.0 Å². The van der Waals surface area contributed by atoms with Crippen molar-refractivity contribution >= 4 is 39.4 Å². The van der Waals surface area contributed by atoms with Gasteiger partial charge in [0.25, 0.3) is 0 Å². The van der Waals surface area contributed by atoms with Crippen molar-refractivity contribution in [1.82, 2.24) is 4.90 Å². The zero-order valence-electron chi connectivity index (χ0n) is 14.9. The number of sulfonamides is 1. The third-order valence-electron chi connectivity index (χ3n) is 4.09. The van der Waals surface area contributed by atoms with E-state index in [4.69, 9.17) is 5.14 Å². The van der Waals surface area contributed by atoms with E-state index in [9.17, 15) is 13.5 Å². The molecule has 1 unspecified atom stereocenters. The number of amidine groups is 1. The molecule has 0 saturated carbocycles. The largest absolute Gasteiger partial charge is 0.366 e. The van der Waals surface area contributed by atoms with E-state index >= 15 is 0 Å². The average Bonchev–Trinajstić information content (AvgIpc) is 2.83. The summed E-state index contributed by atoms with van der Waals surface area (Å²) in [4.78, 5) is 6.29. The van der Waals surface area contributed by atoms with Gasteiger partial charge in [0.05, 0.1) is 10.6 Å². The van der Waals surface area contributed by atoms with Gasteiger partial charge in [0.2, 0.25) is 10.0 Å². The Kier molecular flexibility index (Phi) is 7.35. The van der Waals surface area contributed by atoms with Crippen LogP contribution < -0.4 is 5.14 Å². The highest BCUT2D eigenvalue weighted by molar-refractivity contribution is 8.14. The summed E-state index contributed by atoms with van der Waals surface area (Å²) in [6.07, 6.45) is 0. The van der Waals surface area contributed by atoms with Crippen molar-refractivity contribution in [2.45, 2.75) is 44.2 Å². The molecule has 0 aliphatic carbocycles. The third kappa shape index (κ3) is 4.31. The maximum atomic E-state index is 12.0. The van der Waals surface area contributed by atoms with Crippen molar-refractivity contribution in [3.8, 4) is 0 Å². The number of hydrogen-bond acceptors (Lipinski definition) is 5. The van der Waals surface area contributed by atoms with Crippen LogP contribution in [-0.4, -0.2) is 42.4 Å². The van der Waals surface area contributed by atoms with Crippen molar-refractivity contribution in [2.24, 2.45) is 10.1 Å². The van der Waals surface area contributed by atoms with Crippen LogP contribution in [0, 0.1) is 0 Å². The van der Waals surface area contributed by atoms with Gasteiger partial charge in [0.15, 0.2) is 10.9 Å². The van der Waals surface area contributed by atoms with Gasteiger partial charge in [-0.1, -0.05) is 37.7 Å². The molecular formula is C16H26ClN3O3S2. The molecule has 1 aliphatic heterocycles. The van der Waals surface area contributed by atoms with Gasteiger partial charge in [0.1, 0.15) is 0 Å². The molecule has 25 heavy (non-hydrogen) atoms. The van der Waals surface area contributed by atoms with Crippen molar-refractivity contribution in [2.75, 3.05) is 18.8 Å². The number of nitrogens with zero attached hydrogens (tertiary/aromatic N) is 2. The monoisotopic (exact) mass is 407 g/mol. The fraction of sp³-hybridized carbons (Fsp3) is 0.562. The topological polar surface area (TPSA) is 96.0 Å². The Bertz CT molecular complexity index is 753. The highest BCUT2D eigenvalue weighted by Crippen LogP contribution is 2.40. The first-order valence-electron chi connectivity index (χ1n) is 7.99. The Morgan fingerprint density at radius 2 is 2.04 bits per heavy atom. The SMILES string of the molecule is CCN=C1SCC(O)(c2ccc(C(C)C)c(S(N)(=O)=O)c2)N1CC.Cl. The molecule has 9 heteroatoms. The zero-order chi connectivity index (χ0) is 18.1. The number of aliphatic hydroxyl groups is 1. The number of halogens is 1. The van der Waals surface area contributed by atoms with Crippen LogP contribution in [0.25, 0.3) is 0 Å². The van der Waals surface area contributed by atoms with Crippen LogP contribution in [0.5, 0.6) is 0 Å². The quantitative estimate of drug-likeness (QED) is 0.781. The molecule has 0 radical (unpaired) electrons. The number of thioether (sulfide) groups is 1. The molecule has 1 atom stereocenters. The number of primary sulfonamides is 1. The van der Waals surface area contributed by atoms with Crippen LogP contribution in [-0.2, 0) is 15.7 Å². The lowest BCUT2D eigenvalue weighted by Crippen LogP contribution is -2.45. The van der Waals surface area contributed by atoms with Gasteiger partial charge in [0, 0.05) is 18.7 Å². The highest BCUT2D eigenvalue weighted by Gasteiger charge is 2.44. The molecule has 1 fully saturated rings. The predicted octanol–water partition coefficient (Wildman–Crippen LogP) is 2.47. The summed E-state index contributed by atoms with van der Waals surface area (Å²) in [6.45, 7) is 8.89. The zero-order valence-corrected chi connectivity index (χ0v) is 17.3. The van der Waals surface area contributed by atoms with E-state index in [2.05, 4.69) is 4.99 Å².